The SMILES string of the molecule is Cc1ccc(N)cc1NC(=O)CCSc1cccc(Br)c1. The Balaban J connectivity index is 1.84. The van der Waals surface area contributed by atoms with Crippen LogP contribution in [0.4, 0.5) is 11.4 Å². The molecule has 0 aliphatic carbocycles. The summed E-state index contributed by atoms with van der Waals surface area (Å²) in [7, 11) is 0. The average Bonchev–Trinajstić information content (AvgIpc) is 2.43. The van der Waals surface area contributed by atoms with Crippen LogP contribution in [0.3, 0.4) is 0 Å². The van der Waals surface area contributed by atoms with Gasteiger partial charge >= 0.3 is 0 Å². The van der Waals surface area contributed by atoms with Crippen molar-refractivity contribution in [2.75, 3.05) is 16.8 Å². The van der Waals surface area contributed by atoms with Crippen LogP contribution in [-0.4, -0.2) is 11.7 Å². The van der Waals surface area contributed by atoms with Gasteiger partial charge in [-0.15, -0.1) is 11.8 Å². The second-order valence-corrected chi connectivity index (χ2v) is 6.76. The molecule has 3 N–H and O–H groups in total. The Labute approximate surface area is 137 Å². The lowest BCUT2D eigenvalue weighted by atomic mass is 10.2. The fourth-order valence-corrected chi connectivity index (χ4v) is 3.26. The number of thioether (sulfide) groups is 1. The van der Waals surface area contributed by atoms with Crippen molar-refractivity contribution in [3.63, 3.8) is 0 Å². The third-order valence-electron chi connectivity index (χ3n) is 2.93. The van der Waals surface area contributed by atoms with Crippen molar-refractivity contribution in [3.8, 4) is 0 Å². The maximum Gasteiger partial charge on any atom is 0.225 e. The standard InChI is InChI=1S/C16H17BrN2OS/c1-11-5-6-13(18)10-15(11)19-16(20)7-8-21-14-4-2-3-12(17)9-14/h2-6,9-10H,7-8,18H2,1H3,(H,19,20). The van der Waals surface area contributed by atoms with Gasteiger partial charge in [0.15, 0.2) is 0 Å². The van der Waals surface area contributed by atoms with Crippen molar-refractivity contribution in [2.24, 2.45) is 0 Å². The first-order chi connectivity index (χ1) is 10.0. The lowest BCUT2D eigenvalue weighted by molar-refractivity contribution is -0.115. The van der Waals surface area contributed by atoms with Crippen LogP contribution in [0.25, 0.3) is 0 Å². The highest BCUT2D eigenvalue weighted by Crippen LogP contribution is 2.23. The molecule has 0 radical (unpaired) electrons. The molecule has 0 fully saturated rings. The van der Waals surface area contributed by atoms with Crippen LogP contribution >= 0.6 is 27.7 Å². The van der Waals surface area contributed by atoms with E-state index in [4.69, 9.17) is 5.73 Å². The van der Waals surface area contributed by atoms with Gasteiger partial charge in [0.2, 0.25) is 5.91 Å². The molecule has 2 rings (SSSR count). The minimum Gasteiger partial charge on any atom is -0.399 e. The predicted molar refractivity (Wildman–Crippen MR) is 93.7 cm³/mol. The van der Waals surface area contributed by atoms with Crippen LogP contribution in [0.15, 0.2) is 51.8 Å². The summed E-state index contributed by atoms with van der Waals surface area (Å²) in [5, 5.41) is 2.91. The van der Waals surface area contributed by atoms with Gasteiger partial charge in [-0.2, -0.15) is 0 Å². The first-order valence-corrected chi connectivity index (χ1v) is 8.37. The zero-order valence-electron chi connectivity index (χ0n) is 11.7. The monoisotopic (exact) mass is 364 g/mol. The Morgan fingerprint density at radius 3 is 2.86 bits per heavy atom. The first-order valence-electron chi connectivity index (χ1n) is 6.59. The second kappa shape index (κ2) is 7.52. The van der Waals surface area contributed by atoms with E-state index in [0.717, 1.165) is 26.4 Å². The molecular formula is C16H17BrN2OS. The number of halogens is 1. The highest BCUT2D eigenvalue weighted by Gasteiger charge is 2.06. The number of hydrogen-bond donors (Lipinski definition) is 2. The van der Waals surface area contributed by atoms with E-state index in [0.29, 0.717) is 12.1 Å². The number of carbonyl (C=O) groups is 1. The lowest BCUT2D eigenvalue weighted by Crippen LogP contribution is -2.13. The molecule has 110 valence electrons. The van der Waals surface area contributed by atoms with Gasteiger partial charge in [-0.1, -0.05) is 28.1 Å². The van der Waals surface area contributed by atoms with Crippen LogP contribution < -0.4 is 11.1 Å². The Bertz CT molecular complexity index is 646. The van der Waals surface area contributed by atoms with Crippen molar-refractivity contribution >= 4 is 45.0 Å². The third kappa shape index (κ3) is 5.10. The molecule has 5 heteroatoms. The molecule has 0 aliphatic heterocycles. The van der Waals surface area contributed by atoms with Crippen LogP contribution in [0, 0.1) is 6.92 Å². The zero-order valence-corrected chi connectivity index (χ0v) is 14.1. The Morgan fingerprint density at radius 2 is 2.10 bits per heavy atom. The number of benzene rings is 2. The molecule has 0 atom stereocenters. The number of nitrogens with one attached hydrogen (secondary N) is 1. The minimum absolute atomic E-state index is 0.00574. The summed E-state index contributed by atoms with van der Waals surface area (Å²) in [4.78, 5) is 13.1. The molecule has 3 nitrogen and oxygen atoms in total. The summed E-state index contributed by atoms with van der Waals surface area (Å²) < 4.78 is 1.05. The average molecular weight is 365 g/mol. The van der Waals surface area contributed by atoms with Crippen LogP contribution in [0.1, 0.15) is 12.0 Å². The molecule has 0 aliphatic rings. The fourth-order valence-electron chi connectivity index (χ4n) is 1.81. The van der Waals surface area contributed by atoms with Gasteiger partial charge in [-0.3, -0.25) is 4.79 Å². The highest BCUT2D eigenvalue weighted by atomic mass is 79.9. The van der Waals surface area contributed by atoms with Crippen LogP contribution in [-0.2, 0) is 4.79 Å². The van der Waals surface area contributed by atoms with E-state index in [9.17, 15) is 4.79 Å². The summed E-state index contributed by atoms with van der Waals surface area (Å²) >= 11 is 5.10. The van der Waals surface area contributed by atoms with E-state index in [1.807, 2.05) is 43.3 Å². The molecule has 21 heavy (non-hydrogen) atoms. The van der Waals surface area contributed by atoms with Gasteiger partial charge in [0, 0.05) is 32.9 Å². The summed E-state index contributed by atoms with van der Waals surface area (Å²) in [5.74, 6) is 0.745. The molecule has 1 amide bonds. The van der Waals surface area contributed by atoms with E-state index in [-0.39, 0.29) is 5.91 Å². The summed E-state index contributed by atoms with van der Waals surface area (Å²) in [6, 6.07) is 13.6. The molecule has 0 aromatic heterocycles. The Hall–Kier alpha value is -1.46. The van der Waals surface area contributed by atoms with E-state index in [1.54, 1.807) is 17.8 Å². The van der Waals surface area contributed by atoms with Gasteiger partial charge in [-0.05, 0) is 42.8 Å². The van der Waals surface area contributed by atoms with Crippen LogP contribution in [0.2, 0.25) is 0 Å². The topological polar surface area (TPSA) is 55.1 Å². The smallest absolute Gasteiger partial charge is 0.225 e. The third-order valence-corrected chi connectivity index (χ3v) is 4.42. The molecule has 0 saturated heterocycles. The van der Waals surface area contributed by atoms with E-state index >= 15 is 0 Å². The number of anilines is 2. The number of hydrogen-bond acceptors (Lipinski definition) is 3. The molecule has 2 aromatic carbocycles. The summed E-state index contributed by atoms with van der Waals surface area (Å²) in [5.41, 5.74) is 8.18. The zero-order chi connectivity index (χ0) is 15.2. The quantitative estimate of drug-likeness (QED) is 0.608. The van der Waals surface area contributed by atoms with E-state index < -0.39 is 0 Å². The number of nitrogen functional groups attached to an aromatic ring is 1. The van der Waals surface area contributed by atoms with E-state index in [1.165, 1.54) is 0 Å². The molecular weight excluding hydrogens is 348 g/mol. The molecule has 0 heterocycles. The largest absolute Gasteiger partial charge is 0.399 e. The van der Waals surface area contributed by atoms with Gasteiger partial charge in [0.25, 0.3) is 0 Å². The Morgan fingerprint density at radius 1 is 1.29 bits per heavy atom. The van der Waals surface area contributed by atoms with Crippen LogP contribution in [0.5, 0.6) is 0 Å². The van der Waals surface area contributed by atoms with Crippen molar-refractivity contribution in [1.29, 1.82) is 0 Å². The van der Waals surface area contributed by atoms with Crippen molar-refractivity contribution in [2.45, 2.75) is 18.2 Å². The second-order valence-electron chi connectivity index (χ2n) is 4.68. The number of aryl methyl sites for hydroxylation is 1. The molecule has 0 unspecified atom stereocenters. The predicted octanol–water partition coefficient (Wildman–Crippen LogP) is 4.46. The normalized spacial score (nSPS) is 10.4. The van der Waals surface area contributed by atoms with Gasteiger partial charge in [-0.25, -0.2) is 0 Å². The molecule has 0 bridgehead atoms. The van der Waals surface area contributed by atoms with Crippen molar-refractivity contribution in [1.82, 2.24) is 0 Å². The fraction of sp³-hybridized carbons (Fsp3) is 0.188. The van der Waals surface area contributed by atoms with E-state index in [2.05, 4.69) is 21.2 Å². The number of nitrogens with two attached hydrogens (primary N) is 1. The minimum atomic E-state index is 0.00574. The lowest BCUT2D eigenvalue weighted by Gasteiger charge is -2.09. The maximum atomic E-state index is 12.0. The summed E-state index contributed by atoms with van der Waals surface area (Å²) in [6.45, 7) is 1.95. The highest BCUT2D eigenvalue weighted by molar-refractivity contribution is 9.10. The Kier molecular flexibility index (Phi) is 5.70. The number of carbonyl (C=O) groups excluding carboxylic acids is 1. The van der Waals surface area contributed by atoms with Crippen molar-refractivity contribution in [3.05, 3.63) is 52.5 Å². The summed E-state index contributed by atoms with van der Waals surface area (Å²) in [6.07, 6.45) is 0.464. The van der Waals surface area contributed by atoms with Crippen molar-refractivity contribution < 1.29 is 4.79 Å². The number of rotatable bonds is 5. The number of amides is 1. The van der Waals surface area contributed by atoms with Gasteiger partial charge < -0.3 is 11.1 Å². The van der Waals surface area contributed by atoms with Gasteiger partial charge in [0.05, 0.1) is 0 Å². The first kappa shape index (κ1) is 15.9. The molecule has 0 spiro atoms. The molecule has 0 saturated carbocycles. The maximum absolute atomic E-state index is 12.0. The van der Waals surface area contributed by atoms with Gasteiger partial charge in [0.1, 0.15) is 0 Å². The molecule has 2 aromatic rings.